The highest BCUT2D eigenvalue weighted by atomic mass is 16.2. The third kappa shape index (κ3) is 3.73. The Morgan fingerprint density at radius 3 is 2.81 bits per heavy atom. The van der Waals surface area contributed by atoms with Gasteiger partial charge in [-0.3, -0.25) is 4.57 Å². The van der Waals surface area contributed by atoms with E-state index in [1.54, 1.807) is 10.9 Å². The molecule has 4 rings (SSSR count). The Hall–Kier alpha value is -2.67. The molecule has 1 aromatic carbocycles. The molecule has 0 bridgehead atoms. The first kappa shape index (κ1) is 17.7. The predicted octanol–water partition coefficient (Wildman–Crippen LogP) is 1.82. The zero-order valence-electron chi connectivity index (χ0n) is 15.7. The molecule has 0 saturated carbocycles. The maximum atomic E-state index is 12.9. The second-order valence-electron chi connectivity index (χ2n) is 7.04. The second-order valence-corrected chi connectivity index (χ2v) is 7.04. The summed E-state index contributed by atoms with van der Waals surface area (Å²) in [5, 5.41) is 8.12. The number of nitrogens with zero attached hydrogens (tertiary/aromatic N) is 5. The van der Waals surface area contributed by atoms with Crippen LogP contribution in [-0.2, 0) is 19.6 Å². The lowest BCUT2D eigenvalue weighted by atomic mass is 9.99. The largest absolute Gasteiger partial charge is 0.346 e. The van der Waals surface area contributed by atoms with Crippen molar-refractivity contribution in [1.29, 1.82) is 0 Å². The van der Waals surface area contributed by atoms with Crippen LogP contribution in [-0.4, -0.2) is 37.0 Å². The van der Waals surface area contributed by atoms with Gasteiger partial charge in [-0.15, -0.1) is 0 Å². The molecule has 3 heterocycles. The number of hydrogen-bond acceptors (Lipinski definition) is 4. The molecule has 0 spiro atoms. The van der Waals surface area contributed by atoms with Crippen LogP contribution in [0.2, 0.25) is 0 Å². The summed E-state index contributed by atoms with van der Waals surface area (Å²) in [7, 11) is 0. The highest BCUT2D eigenvalue weighted by Gasteiger charge is 2.23. The Labute approximate surface area is 158 Å². The van der Waals surface area contributed by atoms with E-state index in [4.69, 9.17) is 5.10 Å². The number of benzene rings is 1. The summed E-state index contributed by atoms with van der Waals surface area (Å²) >= 11 is 0. The molecule has 1 fully saturated rings. The van der Waals surface area contributed by atoms with E-state index in [0.29, 0.717) is 19.0 Å². The number of rotatable bonds is 6. The molecule has 1 atom stereocenters. The first-order chi connectivity index (χ1) is 13.3. The molecule has 0 radical (unpaired) electrons. The Morgan fingerprint density at radius 2 is 2.07 bits per heavy atom. The van der Waals surface area contributed by atoms with Crippen LogP contribution in [0, 0.1) is 0 Å². The molecule has 142 valence electrons. The normalized spacial score (nSPS) is 17.3. The summed E-state index contributed by atoms with van der Waals surface area (Å²) in [6.07, 6.45) is 5.94. The Balaban J connectivity index is 1.59. The number of aromatic nitrogens is 5. The monoisotopic (exact) mass is 366 g/mol. The summed E-state index contributed by atoms with van der Waals surface area (Å²) in [6, 6.07) is 10.3. The molecule has 0 amide bonds. The van der Waals surface area contributed by atoms with E-state index in [1.807, 2.05) is 35.9 Å². The average Bonchev–Trinajstić information content (AvgIpc) is 3.28. The highest BCUT2D eigenvalue weighted by Crippen LogP contribution is 2.20. The Morgan fingerprint density at radius 1 is 1.22 bits per heavy atom. The fourth-order valence-electron chi connectivity index (χ4n) is 3.78. The lowest BCUT2D eigenvalue weighted by Crippen LogP contribution is -2.31. The fourth-order valence-corrected chi connectivity index (χ4v) is 3.78. The summed E-state index contributed by atoms with van der Waals surface area (Å²) in [6.45, 7) is 5.70. The zero-order chi connectivity index (χ0) is 18.6. The van der Waals surface area contributed by atoms with Gasteiger partial charge in [0.1, 0.15) is 18.2 Å². The van der Waals surface area contributed by atoms with E-state index >= 15 is 0 Å². The maximum absolute atomic E-state index is 12.9. The smallest absolute Gasteiger partial charge is 0.329 e. The van der Waals surface area contributed by atoms with Crippen LogP contribution in [0.5, 0.6) is 0 Å². The van der Waals surface area contributed by atoms with E-state index in [9.17, 15) is 4.79 Å². The van der Waals surface area contributed by atoms with Crippen LogP contribution in [0.4, 0.5) is 0 Å². The van der Waals surface area contributed by atoms with Gasteiger partial charge < -0.3 is 9.88 Å². The van der Waals surface area contributed by atoms with Crippen molar-refractivity contribution in [2.75, 3.05) is 13.1 Å². The average molecular weight is 366 g/mol. The zero-order valence-corrected chi connectivity index (χ0v) is 15.7. The van der Waals surface area contributed by atoms with Crippen LogP contribution in [0.15, 0.2) is 47.5 Å². The fraction of sp³-hybridized carbons (Fsp3) is 0.450. The van der Waals surface area contributed by atoms with Crippen molar-refractivity contribution in [3.05, 3.63) is 70.4 Å². The van der Waals surface area contributed by atoms with Gasteiger partial charge >= 0.3 is 5.69 Å². The van der Waals surface area contributed by atoms with E-state index in [0.717, 1.165) is 44.1 Å². The van der Waals surface area contributed by atoms with Crippen molar-refractivity contribution < 1.29 is 0 Å². The number of imidazole rings is 1. The molecule has 1 aliphatic heterocycles. The van der Waals surface area contributed by atoms with E-state index < -0.39 is 0 Å². The summed E-state index contributed by atoms with van der Waals surface area (Å²) < 4.78 is 5.45. The molecule has 1 saturated heterocycles. The topological polar surface area (TPSA) is 69.7 Å². The standard InChI is InChI=1S/C20H26N6O/c1-2-25-19(17-9-6-10-21-13-17)23-26(20(25)27)15-18-22-11-12-24(18)14-16-7-4-3-5-8-16/h3-5,7-8,11-12,17,21H,2,6,9-10,13-15H2,1H3/t17-/m1/s1. The van der Waals surface area contributed by atoms with Gasteiger partial charge in [-0.2, -0.15) is 5.10 Å². The number of nitrogens with one attached hydrogen (secondary N) is 1. The van der Waals surface area contributed by atoms with Crippen molar-refractivity contribution in [3.63, 3.8) is 0 Å². The Bertz CT molecular complexity index is 933. The van der Waals surface area contributed by atoms with Gasteiger partial charge in [0.05, 0.1) is 0 Å². The van der Waals surface area contributed by atoms with Gasteiger partial charge in [-0.1, -0.05) is 30.3 Å². The minimum absolute atomic E-state index is 0.0488. The SMILES string of the molecule is CCn1c([C@@H]2CCCNC2)nn(Cc2nccn2Cc2ccccc2)c1=O. The van der Waals surface area contributed by atoms with E-state index in [2.05, 4.69) is 27.0 Å². The van der Waals surface area contributed by atoms with Gasteiger partial charge in [0.25, 0.3) is 0 Å². The first-order valence-corrected chi connectivity index (χ1v) is 9.68. The van der Waals surface area contributed by atoms with Crippen LogP contribution < -0.4 is 11.0 Å². The molecule has 3 aromatic rings. The Kier molecular flexibility index (Phi) is 5.20. The van der Waals surface area contributed by atoms with E-state index in [1.165, 1.54) is 5.56 Å². The minimum Gasteiger partial charge on any atom is -0.329 e. The maximum Gasteiger partial charge on any atom is 0.346 e. The molecule has 27 heavy (non-hydrogen) atoms. The molecule has 1 N–H and O–H groups in total. The number of hydrogen-bond donors (Lipinski definition) is 1. The third-order valence-electron chi connectivity index (χ3n) is 5.22. The van der Waals surface area contributed by atoms with Gasteiger partial charge in [-0.05, 0) is 31.9 Å². The first-order valence-electron chi connectivity index (χ1n) is 9.68. The summed E-state index contributed by atoms with van der Waals surface area (Å²) in [5.41, 5.74) is 1.16. The number of piperidine rings is 1. The van der Waals surface area contributed by atoms with Crippen molar-refractivity contribution >= 4 is 0 Å². The molecular formula is C20H26N6O. The molecule has 7 heteroatoms. The van der Waals surface area contributed by atoms with Crippen LogP contribution in [0.3, 0.4) is 0 Å². The second kappa shape index (κ2) is 7.92. The van der Waals surface area contributed by atoms with Crippen molar-refractivity contribution in [3.8, 4) is 0 Å². The molecular weight excluding hydrogens is 340 g/mol. The quantitative estimate of drug-likeness (QED) is 0.723. The van der Waals surface area contributed by atoms with E-state index in [-0.39, 0.29) is 5.69 Å². The van der Waals surface area contributed by atoms with Crippen molar-refractivity contribution in [2.24, 2.45) is 0 Å². The molecule has 7 nitrogen and oxygen atoms in total. The van der Waals surface area contributed by atoms with Gasteiger partial charge in [0, 0.05) is 37.9 Å². The van der Waals surface area contributed by atoms with Gasteiger partial charge in [-0.25, -0.2) is 14.5 Å². The summed E-state index contributed by atoms with van der Waals surface area (Å²) in [4.78, 5) is 17.3. The van der Waals surface area contributed by atoms with Crippen LogP contribution in [0.25, 0.3) is 0 Å². The molecule has 2 aromatic heterocycles. The van der Waals surface area contributed by atoms with Crippen molar-refractivity contribution in [2.45, 2.75) is 45.3 Å². The van der Waals surface area contributed by atoms with Crippen molar-refractivity contribution in [1.82, 2.24) is 29.2 Å². The molecule has 0 unspecified atom stereocenters. The molecule has 1 aliphatic rings. The predicted molar refractivity (Wildman–Crippen MR) is 104 cm³/mol. The van der Waals surface area contributed by atoms with Gasteiger partial charge in [0.15, 0.2) is 0 Å². The summed E-state index contributed by atoms with van der Waals surface area (Å²) in [5.74, 6) is 2.04. The van der Waals surface area contributed by atoms with Crippen LogP contribution >= 0.6 is 0 Å². The highest BCUT2D eigenvalue weighted by molar-refractivity contribution is 5.16. The minimum atomic E-state index is -0.0488. The third-order valence-corrected chi connectivity index (χ3v) is 5.22. The lowest BCUT2D eigenvalue weighted by molar-refractivity contribution is 0.431. The molecule has 0 aliphatic carbocycles. The van der Waals surface area contributed by atoms with Crippen LogP contribution in [0.1, 0.15) is 42.9 Å². The lowest BCUT2D eigenvalue weighted by Gasteiger charge is -2.21. The van der Waals surface area contributed by atoms with Gasteiger partial charge in [0.2, 0.25) is 0 Å².